The quantitative estimate of drug-likeness (QED) is 0.383. The molecule has 0 aliphatic rings. The van der Waals surface area contributed by atoms with E-state index in [-0.39, 0.29) is 0 Å². The van der Waals surface area contributed by atoms with Crippen LogP contribution in [0.5, 0.6) is 0 Å². The Labute approximate surface area is 136 Å². The first-order valence-corrected chi connectivity index (χ1v) is 16.4. The molecule has 1 aromatic rings. The van der Waals surface area contributed by atoms with E-state index in [4.69, 9.17) is 0 Å². The van der Waals surface area contributed by atoms with Gasteiger partial charge in [0.1, 0.15) is 0 Å². The fourth-order valence-corrected chi connectivity index (χ4v) is 19.3. The molecule has 0 radical (unpaired) electrons. The molecule has 0 aliphatic carbocycles. The average molecular weight is 393 g/mol. The summed E-state index contributed by atoms with van der Waals surface area (Å²) in [5.41, 5.74) is 1.26. The van der Waals surface area contributed by atoms with Crippen molar-refractivity contribution in [3.8, 4) is 0 Å². The third kappa shape index (κ3) is 5.81. The molecule has 0 atom stereocenters. The van der Waals surface area contributed by atoms with Crippen LogP contribution in [0.3, 0.4) is 0 Å². The van der Waals surface area contributed by atoms with Gasteiger partial charge in [0.2, 0.25) is 0 Å². The van der Waals surface area contributed by atoms with Gasteiger partial charge in [-0.1, -0.05) is 0 Å². The molecule has 0 bridgehead atoms. The van der Waals surface area contributed by atoms with Crippen LogP contribution in [0.25, 0.3) is 6.08 Å². The number of unbranched alkanes of at least 4 members (excludes halogenated alkanes) is 3. The summed E-state index contributed by atoms with van der Waals surface area (Å²) < 4.78 is 6.43. The second-order valence-corrected chi connectivity index (χ2v) is 19.7. The average Bonchev–Trinajstić information content (AvgIpc) is 2.55. The molecule has 0 amide bonds. The van der Waals surface area contributed by atoms with E-state index in [2.05, 4.69) is 51.6 Å². The molecular formula is C20H34Sn. The van der Waals surface area contributed by atoms with Gasteiger partial charge in [0.15, 0.2) is 0 Å². The molecule has 1 aromatic carbocycles. The van der Waals surface area contributed by atoms with Crippen LogP contribution in [-0.2, 0) is 0 Å². The molecule has 1 rings (SSSR count). The van der Waals surface area contributed by atoms with Crippen molar-refractivity contribution in [2.45, 2.75) is 72.6 Å². The molecule has 0 saturated carbocycles. The predicted octanol–water partition coefficient (Wildman–Crippen LogP) is 6.39. The van der Waals surface area contributed by atoms with Gasteiger partial charge in [-0.25, -0.2) is 0 Å². The first kappa shape index (κ1) is 18.8. The van der Waals surface area contributed by atoms with E-state index in [1.54, 1.807) is 16.9 Å². The number of rotatable bonds is 11. The molecule has 0 unspecified atom stereocenters. The third-order valence-electron chi connectivity index (χ3n) is 4.79. The van der Waals surface area contributed by atoms with Crippen LogP contribution in [0.4, 0.5) is 0 Å². The van der Waals surface area contributed by atoms with Crippen LogP contribution in [0.15, 0.2) is 30.8 Å². The Kier molecular flexibility index (Phi) is 9.38. The van der Waals surface area contributed by atoms with Crippen LogP contribution < -0.4 is 3.58 Å². The summed E-state index contributed by atoms with van der Waals surface area (Å²) in [6.07, 6.45) is 10.3. The van der Waals surface area contributed by atoms with Crippen LogP contribution >= 0.6 is 0 Å². The van der Waals surface area contributed by atoms with Gasteiger partial charge < -0.3 is 0 Å². The van der Waals surface area contributed by atoms with E-state index in [1.165, 1.54) is 44.1 Å². The van der Waals surface area contributed by atoms with Gasteiger partial charge in [0, 0.05) is 0 Å². The summed E-state index contributed by atoms with van der Waals surface area (Å²) >= 11 is -2.18. The van der Waals surface area contributed by atoms with E-state index in [9.17, 15) is 0 Å². The number of hydrogen-bond acceptors (Lipinski definition) is 0. The van der Waals surface area contributed by atoms with Gasteiger partial charge in [-0.05, 0) is 0 Å². The second kappa shape index (κ2) is 10.5. The van der Waals surface area contributed by atoms with Crippen LogP contribution in [0.1, 0.15) is 64.9 Å². The van der Waals surface area contributed by atoms with E-state index >= 15 is 0 Å². The summed E-state index contributed by atoms with van der Waals surface area (Å²) in [5.74, 6) is 0. The zero-order valence-electron chi connectivity index (χ0n) is 14.5. The van der Waals surface area contributed by atoms with Crippen molar-refractivity contribution in [3.05, 3.63) is 36.4 Å². The van der Waals surface area contributed by atoms with Crippen LogP contribution in [0.2, 0.25) is 13.3 Å². The second-order valence-electron chi connectivity index (χ2n) is 6.42. The summed E-state index contributed by atoms with van der Waals surface area (Å²) in [5, 5.41) is 0. The molecule has 0 aromatic heterocycles. The monoisotopic (exact) mass is 394 g/mol. The molecular weight excluding hydrogens is 359 g/mol. The maximum absolute atomic E-state index is 3.89. The van der Waals surface area contributed by atoms with Crippen molar-refractivity contribution < 1.29 is 0 Å². The standard InChI is InChI=1S/C8H7.3C4H9.Sn/c1-2-8-6-4-3-5-7-8;3*1-3-4-2;/h2,4-7H,1H2;3*1,3-4H2,2H3;. The Bertz CT molecular complexity index is 369. The molecule has 0 nitrogen and oxygen atoms in total. The van der Waals surface area contributed by atoms with E-state index in [1.807, 2.05) is 6.08 Å². The molecule has 1 heteroatoms. The van der Waals surface area contributed by atoms with Crippen molar-refractivity contribution in [2.24, 2.45) is 0 Å². The summed E-state index contributed by atoms with van der Waals surface area (Å²) in [6.45, 7) is 10.9. The topological polar surface area (TPSA) is 0 Å². The van der Waals surface area contributed by atoms with Gasteiger partial charge >= 0.3 is 137 Å². The fraction of sp³-hybridized carbons (Fsp3) is 0.600. The van der Waals surface area contributed by atoms with E-state index < -0.39 is 18.4 Å². The minimum absolute atomic E-state index is 1.26. The fourth-order valence-electron chi connectivity index (χ4n) is 3.33. The van der Waals surface area contributed by atoms with Crippen molar-refractivity contribution in [1.29, 1.82) is 0 Å². The summed E-state index contributed by atoms with van der Waals surface area (Å²) in [4.78, 5) is 0. The molecule has 0 fully saturated rings. The first-order valence-electron chi connectivity index (χ1n) is 8.95. The molecule has 0 aliphatic heterocycles. The van der Waals surface area contributed by atoms with Gasteiger partial charge in [0.05, 0.1) is 0 Å². The molecule has 0 N–H and O–H groups in total. The summed E-state index contributed by atoms with van der Waals surface area (Å²) in [6, 6.07) is 9.48. The SMILES string of the molecule is C=Cc1cc[c]([Sn]([CH2]CCC)([CH2]CCC)[CH2]CCC)cc1. The summed E-state index contributed by atoms with van der Waals surface area (Å²) in [7, 11) is 0. The molecule has 0 saturated heterocycles. The normalized spacial score (nSPS) is 11.6. The van der Waals surface area contributed by atoms with E-state index in [0.717, 1.165) is 0 Å². The van der Waals surface area contributed by atoms with Crippen molar-refractivity contribution >= 4 is 28.0 Å². The molecule has 118 valence electrons. The zero-order chi connectivity index (χ0) is 15.6. The molecule has 21 heavy (non-hydrogen) atoms. The van der Waals surface area contributed by atoms with Crippen LogP contribution in [0, 0.1) is 0 Å². The number of hydrogen-bond donors (Lipinski definition) is 0. The van der Waals surface area contributed by atoms with Crippen molar-refractivity contribution in [3.63, 3.8) is 0 Å². The van der Waals surface area contributed by atoms with Crippen molar-refractivity contribution in [2.75, 3.05) is 0 Å². The van der Waals surface area contributed by atoms with Gasteiger partial charge in [-0.2, -0.15) is 0 Å². The van der Waals surface area contributed by atoms with Crippen molar-refractivity contribution in [1.82, 2.24) is 0 Å². The van der Waals surface area contributed by atoms with E-state index in [0.29, 0.717) is 0 Å². The Balaban J connectivity index is 3.05. The van der Waals surface area contributed by atoms with Gasteiger partial charge in [0.25, 0.3) is 0 Å². The Morgan fingerprint density at radius 1 is 0.810 bits per heavy atom. The van der Waals surface area contributed by atoms with Gasteiger partial charge in [-0.3, -0.25) is 0 Å². The molecule has 0 spiro atoms. The Morgan fingerprint density at radius 3 is 1.57 bits per heavy atom. The number of benzene rings is 1. The first-order chi connectivity index (χ1) is 10.2. The van der Waals surface area contributed by atoms with Crippen LogP contribution in [-0.4, -0.2) is 18.4 Å². The zero-order valence-corrected chi connectivity index (χ0v) is 17.3. The minimum atomic E-state index is -2.18. The Hall–Kier alpha value is -0.241. The molecule has 0 heterocycles. The van der Waals surface area contributed by atoms with Gasteiger partial charge in [-0.15, -0.1) is 0 Å². The Morgan fingerprint density at radius 2 is 1.24 bits per heavy atom. The third-order valence-corrected chi connectivity index (χ3v) is 20.5. The predicted molar refractivity (Wildman–Crippen MR) is 101 cm³/mol. The maximum atomic E-state index is 3.89.